The Hall–Kier alpha value is -2.47. The van der Waals surface area contributed by atoms with Gasteiger partial charge in [0.2, 0.25) is 0 Å². The normalized spacial score (nSPS) is 9.61. The summed E-state index contributed by atoms with van der Waals surface area (Å²) in [6, 6.07) is 17.7. The molecule has 0 heterocycles. The Morgan fingerprint density at radius 2 is 1.83 bits per heavy atom. The van der Waals surface area contributed by atoms with Crippen LogP contribution in [-0.4, -0.2) is 14.1 Å². The second-order valence-corrected chi connectivity index (χ2v) is 4.23. The van der Waals surface area contributed by atoms with Crippen LogP contribution in [0.15, 0.2) is 48.5 Å². The van der Waals surface area contributed by atoms with Crippen molar-refractivity contribution in [3.8, 4) is 6.07 Å². The van der Waals surface area contributed by atoms with Crippen LogP contribution in [0.2, 0.25) is 0 Å². The van der Waals surface area contributed by atoms with Gasteiger partial charge in [-0.2, -0.15) is 5.26 Å². The van der Waals surface area contributed by atoms with E-state index in [1.54, 1.807) is 6.07 Å². The lowest BCUT2D eigenvalue weighted by Crippen LogP contribution is -2.10. The van der Waals surface area contributed by atoms with E-state index in [-0.39, 0.29) is 0 Å². The van der Waals surface area contributed by atoms with Crippen LogP contribution in [0, 0.1) is 11.3 Å². The van der Waals surface area contributed by atoms with Crippen LogP contribution in [0.25, 0.3) is 0 Å². The standard InChI is InChI=1S/C15H15N3/c1-18(2)15-9-4-3-8-14(15)17-13-7-5-6-12(10-13)11-16/h3-10,17H,1-2H3. The summed E-state index contributed by atoms with van der Waals surface area (Å²) in [4.78, 5) is 2.05. The van der Waals surface area contributed by atoms with Gasteiger partial charge >= 0.3 is 0 Å². The van der Waals surface area contributed by atoms with Gasteiger partial charge in [-0.1, -0.05) is 18.2 Å². The molecule has 0 aliphatic heterocycles. The molecular formula is C15H15N3. The van der Waals surface area contributed by atoms with Gasteiger partial charge in [-0.3, -0.25) is 0 Å². The summed E-state index contributed by atoms with van der Waals surface area (Å²) >= 11 is 0. The minimum Gasteiger partial charge on any atom is -0.376 e. The second-order valence-electron chi connectivity index (χ2n) is 4.23. The summed E-state index contributed by atoms with van der Waals surface area (Å²) in [6.45, 7) is 0. The first-order valence-electron chi connectivity index (χ1n) is 5.74. The number of para-hydroxylation sites is 2. The van der Waals surface area contributed by atoms with Crippen LogP contribution in [0.3, 0.4) is 0 Å². The molecule has 18 heavy (non-hydrogen) atoms. The van der Waals surface area contributed by atoms with Gasteiger partial charge < -0.3 is 10.2 Å². The molecule has 0 saturated heterocycles. The average Bonchev–Trinajstić information content (AvgIpc) is 2.39. The van der Waals surface area contributed by atoms with Crippen molar-refractivity contribution >= 4 is 17.1 Å². The molecule has 0 aliphatic rings. The number of anilines is 3. The van der Waals surface area contributed by atoms with Crippen LogP contribution >= 0.6 is 0 Å². The first-order valence-corrected chi connectivity index (χ1v) is 5.74. The molecule has 0 unspecified atom stereocenters. The van der Waals surface area contributed by atoms with Crippen molar-refractivity contribution in [3.63, 3.8) is 0 Å². The lowest BCUT2D eigenvalue weighted by molar-refractivity contribution is 1.13. The Kier molecular flexibility index (Phi) is 3.49. The van der Waals surface area contributed by atoms with Crippen molar-refractivity contribution < 1.29 is 0 Å². The Bertz CT molecular complexity index is 582. The average molecular weight is 237 g/mol. The van der Waals surface area contributed by atoms with Gasteiger partial charge in [-0.25, -0.2) is 0 Å². The third kappa shape index (κ3) is 2.61. The SMILES string of the molecule is CN(C)c1ccccc1Nc1cccc(C#N)c1. The highest BCUT2D eigenvalue weighted by Gasteiger charge is 2.03. The summed E-state index contributed by atoms with van der Waals surface area (Å²) in [5.41, 5.74) is 3.71. The van der Waals surface area contributed by atoms with Crippen molar-refractivity contribution in [2.24, 2.45) is 0 Å². The van der Waals surface area contributed by atoms with Crippen molar-refractivity contribution in [2.75, 3.05) is 24.3 Å². The number of hydrogen-bond acceptors (Lipinski definition) is 3. The zero-order valence-electron chi connectivity index (χ0n) is 10.5. The lowest BCUT2D eigenvalue weighted by Gasteiger charge is -2.18. The van der Waals surface area contributed by atoms with Crippen molar-refractivity contribution in [1.82, 2.24) is 0 Å². The van der Waals surface area contributed by atoms with Gasteiger partial charge in [0.25, 0.3) is 0 Å². The number of nitriles is 1. The van der Waals surface area contributed by atoms with Gasteiger partial charge in [0, 0.05) is 19.8 Å². The summed E-state index contributed by atoms with van der Waals surface area (Å²) in [5.74, 6) is 0. The predicted octanol–water partition coefficient (Wildman–Crippen LogP) is 3.37. The Morgan fingerprint density at radius 3 is 2.56 bits per heavy atom. The lowest BCUT2D eigenvalue weighted by atomic mass is 10.2. The third-order valence-electron chi connectivity index (χ3n) is 2.66. The molecule has 3 nitrogen and oxygen atoms in total. The van der Waals surface area contributed by atoms with Crippen LogP contribution < -0.4 is 10.2 Å². The first kappa shape index (κ1) is 12.0. The fourth-order valence-electron chi connectivity index (χ4n) is 1.79. The summed E-state index contributed by atoms with van der Waals surface area (Å²) in [7, 11) is 4.01. The van der Waals surface area contributed by atoms with Crippen molar-refractivity contribution in [3.05, 3.63) is 54.1 Å². The summed E-state index contributed by atoms with van der Waals surface area (Å²) in [5, 5.41) is 12.2. The molecule has 0 atom stereocenters. The fraction of sp³-hybridized carbons (Fsp3) is 0.133. The second kappa shape index (κ2) is 5.24. The Morgan fingerprint density at radius 1 is 1.06 bits per heavy atom. The zero-order valence-corrected chi connectivity index (χ0v) is 10.5. The molecular weight excluding hydrogens is 222 g/mol. The molecule has 0 spiro atoms. The van der Waals surface area contributed by atoms with E-state index in [9.17, 15) is 0 Å². The van der Waals surface area contributed by atoms with E-state index in [0.717, 1.165) is 17.1 Å². The predicted molar refractivity (Wildman–Crippen MR) is 75.2 cm³/mol. The van der Waals surface area contributed by atoms with Gasteiger partial charge in [0.15, 0.2) is 0 Å². The van der Waals surface area contributed by atoms with E-state index >= 15 is 0 Å². The number of hydrogen-bond donors (Lipinski definition) is 1. The number of benzene rings is 2. The maximum atomic E-state index is 8.88. The largest absolute Gasteiger partial charge is 0.376 e. The van der Waals surface area contributed by atoms with Gasteiger partial charge in [0.05, 0.1) is 23.0 Å². The molecule has 3 heteroatoms. The fourth-order valence-corrected chi connectivity index (χ4v) is 1.79. The Labute approximate surface area is 107 Å². The van der Waals surface area contributed by atoms with E-state index in [2.05, 4.69) is 22.4 Å². The molecule has 1 N–H and O–H groups in total. The number of nitrogens with zero attached hydrogens (tertiary/aromatic N) is 2. The van der Waals surface area contributed by atoms with Crippen LogP contribution in [0.1, 0.15) is 5.56 Å². The molecule has 2 rings (SSSR count). The molecule has 0 bridgehead atoms. The molecule has 2 aromatic carbocycles. The molecule has 0 saturated carbocycles. The van der Waals surface area contributed by atoms with Gasteiger partial charge in [-0.15, -0.1) is 0 Å². The Balaban J connectivity index is 2.31. The maximum Gasteiger partial charge on any atom is 0.0992 e. The van der Waals surface area contributed by atoms with E-state index in [1.165, 1.54) is 0 Å². The molecule has 2 aromatic rings. The van der Waals surface area contributed by atoms with E-state index in [4.69, 9.17) is 5.26 Å². The highest BCUT2D eigenvalue weighted by Crippen LogP contribution is 2.27. The smallest absolute Gasteiger partial charge is 0.0992 e. The quantitative estimate of drug-likeness (QED) is 0.889. The maximum absolute atomic E-state index is 8.88. The first-order chi connectivity index (χ1) is 8.70. The molecule has 0 fully saturated rings. The monoisotopic (exact) mass is 237 g/mol. The van der Waals surface area contributed by atoms with E-state index < -0.39 is 0 Å². The third-order valence-corrected chi connectivity index (χ3v) is 2.66. The summed E-state index contributed by atoms with van der Waals surface area (Å²) < 4.78 is 0. The summed E-state index contributed by atoms with van der Waals surface area (Å²) in [6.07, 6.45) is 0. The molecule has 0 aliphatic carbocycles. The van der Waals surface area contributed by atoms with E-state index in [0.29, 0.717) is 5.56 Å². The minimum atomic E-state index is 0.655. The van der Waals surface area contributed by atoms with Crippen LogP contribution in [0.5, 0.6) is 0 Å². The van der Waals surface area contributed by atoms with Crippen molar-refractivity contribution in [1.29, 1.82) is 5.26 Å². The zero-order chi connectivity index (χ0) is 13.0. The highest BCUT2D eigenvalue weighted by molar-refractivity contribution is 5.75. The van der Waals surface area contributed by atoms with Crippen LogP contribution in [0.4, 0.5) is 17.1 Å². The number of rotatable bonds is 3. The van der Waals surface area contributed by atoms with Gasteiger partial charge in [-0.05, 0) is 30.3 Å². The minimum absolute atomic E-state index is 0.655. The molecule has 90 valence electrons. The van der Waals surface area contributed by atoms with Crippen molar-refractivity contribution in [2.45, 2.75) is 0 Å². The highest BCUT2D eigenvalue weighted by atomic mass is 15.1. The number of nitrogens with one attached hydrogen (secondary N) is 1. The topological polar surface area (TPSA) is 39.1 Å². The molecule has 0 radical (unpaired) electrons. The van der Waals surface area contributed by atoms with Gasteiger partial charge in [0.1, 0.15) is 0 Å². The molecule has 0 aromatic heterocycles. The van der Waals surface area contributed by atoms with E-state index in [1.807, 2.05) is 50.5 Å². The molecule has 0 amide bonds. The van der Waals surface area contributed by atoms with Crippen LogP contribution in [-0.2, 0) is 0 Å².